The predicted octanol–water partition coefficient (Wildman–Crippen LogP) is 3.44. The number of nitrogens with one attached hydrogen (secondary N) is 1. The molecule has 136 valence electrons. The van der Waals surface area contributed by atoms with Crippen LogP contribution in [0.4, 0.5) is 16.2 Å². The van der Waals surface area contributed by atoms with Crippen LogP contribution in [0.15, 0.2) is 18.2 Å². The number of carbonyl (C=O) groups excluding carboxylic acids is 1. The number of hydrogen-bond donors (Lipinski definition) is 1. The summed E-state index contributed by atoms with van der Waals surface area (Å²) in [6.07, 6.45) is 1.65. The van der Waals surface area contributed by atoms with Gasteiger partial charge in [0.25, 0.3) is 0 Å². The monoisotopic (exact) mass is 344 g/mol. The van der Waals surface area contributed by atoms with Crippen molar-refractivity contribution >= 4 is 17.5 Å². The molecular formula is C19H28N4O2. The molecule has 2 rings (SSSR count). The highest BCUT2D eigenvalue weighted by Crippen LogP contribution is 2.27. The number of nitrogens with zero attached hydrogens (tertiary/aromatic N) is 3. The Bertz CT molecular complexity index is 650. The summed E-state index contributed by atoms with van der Waals surface area (Å²) >= 11 is 0. The van der Waals surface area contributed by atoms with Gasteiger partial charge in [0.1, 0.15) is 11.7 Å². The fourth-order valence-corrected chi connectivity index (χ4v) is 2.98. The highest BCUT2D eigenvalue weighted by atomic mass is 16.6. The van der Waals surface area contributed by atoms with Crippen LogP contribution in [0.1, 0.15) is 39.2 Å². The first-order valence-electron chi connectivity index (χ1n) is 8.65. The van der Waals surface area contributed by atoms with Crippen LogP contribution in [0.3, 0.4) is 0 Å². The van der Waals surface area contributed by atoms with E-state index in [1.54, 1.807) is 6.07 Å². The number of piperidine rings is 1. The fourth-order valence-electron chi connectivity index (χ4n) is 2.98. The quantitative estimate of drug-likeness (QED) is 0.910. The van der Waals surface area contributed by atoms with Gasteiger partial charge in [0, 0.05) is 24.8 Å². The number of ether oxygens (including phenoxy) is 1. The lowest BCUT2D eigenvalue weighted by Gasteiger charge is -2.36. The van der Waals surface area contributed by atoms with Crippen molar-refractivity contribution in [1.82, 2.24) is 4.90 Å². The van der Waals surface area contributed by atoms with Crippen LogP contribution in [0.5, 0.6) is 0 Å². The van der Waals surface area contributed by atoms with Gasteiger partial charge in [0.05, 0.1) is 11.3 Å². The molecule has 0 aromatic heterocycles. The summed E-state index contributed by atoms with van der Waals surface area (Å²) in [5, 5.41) is 12.0. The predicted molar refractivity (Wildman–Crippen MR) is 99.9 cm³/mol. The van der Waals surface area contributed by atoms with Crippen LogP contribution < -0.4 is 10.2 Å². The third-order valence-corrected chi connectivity index (χ3v) is 4.32. The number of hydrogen-bond acceptors (Lipinski definition) is 5. The molecule has 1 amide bonds. The number of anilines is 2. The molecule has 1 fully saturated rings. The molecule has 6 nitrogen and oxygen atoms in total. The van der Waals surface area contributed by atoms with Gasteiger partial charge in [-0.15, -0.1) is 0 Å². The van der Waals surface area contributed by atoms with E-state index in [2.05, 4.69) is 35.3 Å². The summed E-state index contributed by atoms with van der Waals surface area (Å²) in [5.74, 6) is 0. The third kappa shape index (κ3) is 5.36. The second kappa shape index (κ2) is 7.75. The van der Waals surface area contributed by atoms with Crippen molar-refractivity contribution in [1.29, 1.82) is 5.26 Å². The van der Waals surface area contributed by atoms with Gasteiger partial charge in [-0.3, -0.25) is 5.32 Å². The smallest absolute Gasteiger partial charge is 0.412 e. The molecule has 0 unspecified atom stereocenters. The van der Waals surface area contributed by atoms with Crippen molar-refractivity contribution in [2.24, 2.45) is 0 Å². The minimum Gasteiger partial charge on any atom is -0.444 e. The van der Waals surface area contributed by atoms with Crippen LogP contribution in [0, 0.1) is 11.3 Å². The van der Waals surface area contributed by atoms with Crippen LogP contribution in [-0.4, -0.2) is 49.8 Å². The SMILES string of the molecule is CN(C)C1CCN(c2ccc(C#N)c(NC(=O)OC(C)(C)C)c2)CC1. The molecule has 0 radical (unpaired) electrons. The summed E-state index contributed by atoms with van der Waals surface area (Å²) in [5.41, 5.74) is 1.35. The lowest BCUT2D eigenvalue weighted by Crippen LogP contribution is -2.42. The average molecular weight is 344 g/mol. The number of amides is 1. The molecule has 25 heavy (non-hydrogen) atoms. The summed E-state index contributed by atoms with van der Waals surface area (Å²) in [4.78, 5) is 16.6. The molecule has 1 N–H and O–H groups in total. The van der Waals surface area contributed by atoms with Crippen LogP contribution in [0.25, 0.3) is 0 Å². The molecule has 1 aromatic carbocycles. The molecule has 1 aliphatic rings. The number of nitriles is 1. The topological polar surface area (TPSA) is 68.6 Å². The molecule has 1 aromatic rings. The molecule has 0 spiro atoms. The first-order valence-corrected chi connectivity index (χ1v) is 8.65. The highest BCUT2D eigenvalue weighted by Gasteiger charge is 2.22. The zero-order valence-corrected chi connectivity index (χ0v) is 15.8. The maximum absolute atomic E-state index is 12.0. The van der Waals surface area contributed by atoms with Crippen molar-refractivity contribution < 1.29 is 9.53 Å². The maximum atomic E-state index is 12.0. The lowest BCUT2D eigenvalue weighted by atomic mass is 10.0. The van der Waals surface area contributed by atoms with E-state index in [1.165, 1.54) is 0 Å². The Kier molecular flexibility index (Phi) is 5.91. The van der Waals surface area contributed by atoms with Gasteiger partial charge in [-0.05, 0) is 65.9 Å². The summed E-state index contributed by atoms with van der Waals surface area (Å²) in [6.45, 7) is 7.34. The number of benzene rings is 1. The average Bonchev–Trinajstić information content (AvgIpc) is 2.53. The Morgan fingerprint density at radius 2 is 1.96 bits per heavy atom. The zero-order valence-electron chi connectivity index (χ0n) is 15.8. The Labute approximate surface area is 150 Å². The minimum absolute atomic E-state index is 0.429. The van der Waals surface area contributed by atoms with Crippen molar-refractivity contribution in [3.8, 4) is 6.07 Å². The van der Waals surface area contributed by atoms with Crippen molar-refractivity contribution in [3.05, 3.63) is 23.8 Å². The second-order valence-corrected chi connectivity index (χ2v) is 7.65. The highest BCUT2D eigenvalue weighted by molar-refractivity contribution is 5.88. The van der Waals surface area contributed by atoms with Crippen LogP contribution in [0.2, 0.25) is 0 Å². The minimum atomic E-state index is -0.581. The van der Waals surface area contributed by atoms with Gasteiger partial charge < -0.3 is 14.5 Å². The fraction of sp³-hybridized carbons (Fsp3) is 0.579. The van der Waals surface area contributed by atoms with E-state index < -0.39 is 11.7 Å². The van der Waals surface area contributed by atoms with Gasteiger partial charge in [-0.1, -0.05) is 0 Å². The van der Waals surface area contributed by atoms with Crippen molar-refractivity contribution in [3.63, 3.8) is 0 Å². The van der Waals surface area contributed by atoms with E-state index in [9.17, 15) is 10.1 Å². The normalized spacial score (nSPS) is 15.8. The van der Waals surface area contributed by atoms with E-state index in [4.69, 9.17) is 4.74 Å². The summed E-state index contributed by atoms with van der Waals surface area (Å²) in [7, 11) is 4.23. The van der Waals surface area contributed by atoms with E-state index in [1.807, 2.05) is 32.9 Å². The molecule has 1 heterocycles. The third-order valence-electron chi connectivity index (χ3n) is 4.32. The Morgan fingerprint density at radius 3 is 2.48 bits per heavy atom. The molecule has 0 atom stereocenters. The summed E-state index contributed by atoms with van der Waals surface area (Å²) < 4.78 is 5.29. The molecule has 0 aliphatic carbocycles. The Balaban J connectivity index is 2.12. The van der Waals surface area contributed by atoms with Crippen LogP contribution >= 0.6 is 0 Å². The largest absolute Gasteiger partial charge is 0.444 e. The lowest BCUT2D eigenvalue weighted by molar-refractivity contribution is 0.0636. The zero-order chi connectivity index (χ0) is 18.6. The molecule has 0 bridgehead atoms. The molecular weight excluding hydrogens is 316 g/mol. The second-order valence-electron chi connectivity index (χ2n) is 7.65. The van der Waals surface area contributed by atoms with Gasteiger partial charge in [-0.25, -0.2) is 4.79 Å². The first-order chi connectivity index (χ1) is 11.7. The van der Waals surface area contributed by atoms with Gasteiger partial charge in [-0.2, -0.15) is 5.26 Å². The molecule has 1 saturated heterocycles. The Hall–Kier alpha value is -2.26. The van der Waals surface area contributed by atoms with Gasteiger partial charge >= 0.3 is 6.09 Å². The van der Waals surface area contributed by atoms with Gasteiger partial charge in [0.15, 0.2) is 0 Å². The Morgan fingerprint density at radius 1 is 1.32 bits per heavy atom. The number of rotatable bonds is 3. The van der Waals surface area contributed by atoms with E-state index in [0.29, 0.717) is 17.3 Å². The maximum Gasteiger partial charge on any atom is 0.412 e. The molecule has 1 aliphatic heterocycles. The van der Waals surface area contributed by atoms with E-state index in [0.717, 1.165) is 31.6 Å². The van der Waals surface area contributed by atoms with E-state index in [-0.39, 0.29) is 0 Å². The first kappa shape index (κ1) is 19.1. The number of carbonyl (C=O) groups is 1. The van der Waals surface area contributed by atoms with Gasteiger partial charge in [0.2, 0.25) is 0 Å². The summed E-state index contributed by atoms with van der Waals surface area (Å²) in [6, 6.07) is 8.27. The van der Waals surface area contributed by atoms with Crippen molar-refractivity contribution in [2.45, 2.75) is 45.3 Å². The standard InChI is InChI=1S/C19H28N4O2/c1-19(2,3)25-18(24)21-17-12-16(7-6-14(17)13-20)23-10-8-15(9-11-23)22(4)5/h6-7,12,15H,8-11H2,1-5H3,(H,21,24). The van der Waals surface area contributed by atoms with Crippen LogP contribution in [-0.2, 0) is 4.74 Å². The molecule has 0 saturated carbocycles. The van der Waals surface area contributed by atoms with E-state index >= 15 is 0 Å². The molecule has 6 heteroatoms. The van der Waals surface area contributed by atoms with Crippen molar-refractivity contribution in [2.75, 3.05) is 37.4 Å².